The van der Waals surface area contributed by atoms with E-state index in [1.165, 1.54) is 6.92 Å². The van der Waals surface area contributed by atoms with Crippen LogP contribution in [-0.4, -0.2) is 17.1 Å². The largest absolute Gasteiger partial charge is 0.480 e. The smallest absolute Gasteiger partial charge is 0.320 e. The average Bonchev–Trinajstić information content (AvgIpc) is 2.32. The van der Waals surface area contributed by atoms with E-state index in [0.717, 1.165) is 12.1 Å². The maximum absolute atomic E-state index is 13.8. The number of rotatable bonds is 6. The van der Waals surface area contributed by atoms with Gasteiger partial charge >= 0.3 is 5.97 Å². The number of hydrogen-bond acceptors (Lipinski definition) is 2. The molecule has 2 atom stereocenters. The first-order chi connectivity index (χ1) is 8.86. The standard InChI is InChI=1S/C14H19F2NO2/c1-4-5-13(14(18)19)17-9(3)10-7-11(15)8(2)6-12(10)16/h6-7,9,13,17H,4-5H2,1-3H3,(H,18,19). The van der Waals surface area contributed by atoms with Crippen LogP contribution in [0.5, 0.6) is 0 Å². The first kappa shape index (κ1) is 15.6. The zero-order valence-electron chi connectivity index (χ0n) is 11.3. The summed E-state index contributed by atoms with van der Waals surface area (Å²) in [7, 11) is 0. The Morgan fingerprint density at radius 1 is 1.37 bits per heavy atom. The summed E-state index contributed by atoms with van der Waals surface area (Å²) < 4.78 is 27.2. The van der Waals surface area contributed by atoms with Crippen molar-refractivity contribution < 1.29 is 18.7 Å². The van der Waals surface area contributed by atoms with Gasteiger partial charge in [0.15, 0.2) is 0 Å². The van der Waals surface area contributed by atoms with Crippen molar-refractivity contribution in [3.05, 3.63) is 34.9 Å². The number of hydrogen-bond donors (Lipinski definition) is 2. The Hall–Kier alpha value is -1.49. The first-order valence-electron chi connectivity index (χ1n) is 6.31. The van der Waals surface area contributed by atoms with Crippen molar-refractivity contribution in [2.75, 3.05) is 0 Å². The zero-order valence-corrected chi connectivity index (χ0v) is 11.3. The highest BCUT2D eigenvalue weighted by Crippen LogP contribution is 2.21. The molecule has 1 aromatic rings. The van der Waals surface area contributed by atoms with E-state index in [1.54, 1.807) is 6.92 Å². The van der Waals surface area contributed by atoms with Gasteiger partial charge in [0.2, 0.25) is 0 Å². The van der Waals surface area contributed by atoms with Gasteiger partial charge in [-0.05, 0) is 38.0 Å². The van der Waals surface area contributed by atoms with E-state index in [4.69, 9.17) is 5.11 Å². The van der Waals surface area contributed by atoms with Gasteiger partial charge in [-0.2, -0.15) is 0 Å². The lowest BCUT2D eigenvalue weighted by Crippen LogP contribution is -2.38. The van der Waals surface area contributed by atoms with Crippen molar-refractivity contribution in [1.29, 1.82) is 0 Å². The molecule has 19 heavy (non-hydrogen) atoms. The number of halogens is 2. The van der Waals surface area contributed by atoms with Crippen LogP contribution in [0.1, 0.15) is 43.9 Å². The highest BCUT2D eigenvalue weighted by Gasteiger charge is 2.21. The van der Waals surface area contributed by atoms with Crippen molar-refractivity contribution in [3.8, 4) is 0 Å². The zero-order chi connectivity index (χ0) is 14.6. The Kier molecular flexibility index (Phi) is 5.42. The predicted molar refractivity (Wildman–Crippen MR) is 69.0 cm³/mol. The van der Waals surface area contributed by atoms with Gasteiger partial charge in [-0.1, -0.05) is 13.3 Å². The molecule has 0 amide bonds. The number of benzene rings is 1. The van der Waals surface area contributed by atoms with Crippen molar-refractivity contribution in [2.24, 2.45) is 0 Å². The second-order valence-corrected chi connectivity index (χ2v) is 4.69. The quantitative estimate of drug-likeness (QED) is 0.835. The first-order valence-corrected chi connectivity index (χ1v) is 6.31. The van der Waals surface area contributed by atoms with Gasteiger partial charge in [-0.15, -0.1) is 0 Å². The number of aryl methyl sites for hydroxylation is 1. The Labute approximate surface area is 111 Å². The molecule has 0 fully saturated rings. The SMILES string of the molecule is CCCC(NC(C)c1cc(F)c(C)cc1F)C(=O)O. The van der Waals surface area contributed by atoms with E-state index in [2.05, 4.69) is 5.32 Å². The molecule has 2 N–H and O–H groups in total. The monoisotopic (exact) mass is 271 g/mol. The van der Waals surface area contributed by atoms with Crippen LogP contribution in [-0.2, 0) is 4.79 Å². The lowest BCUT2D eigenvalue weighted by atomic mass is 10.0. The fourth-order valence-corrected chi connectivity index (χ4v) is 1.95. The topological polar surface area (TPSA) is 49.3 Å². The molecule has 1 aromatic carbocycles. The molecule has 0 aliphatic rings. The number of aliphatic carboxylic acids is 1. The summed E-state index contributed by atoms with van der Waals surface area (Å²) in [6.45, 7) is 4.98. The molecule has 2 unspecified atom stereocenters. The lowest BCUT2D eigenvalue weighted by molar-refractivity contribution is -0.139. The van der Waals surface area contributed by atoms with Crippen LogP contribution in [0, 0.1) is 18.6 Å². The molecule has 106 valence electrons. The predicted octanol–water partition coefficient (Wildman–Crippen LogP) is 3.18. The van der Waals surface area contributed by atoms with Gasteiger partial charge in [0, 0.05) is 11.6 Å². The van der Waals surface area contributed by atoms with Gasteiger partial charge < -0.3 is 5.11 Å². The third-order valence-electron chi connectivity index (χ3n) is 3.07. The Balaban J connectivity index is 2.90. The van der Waals surface area contributed by atoms with Crippen LogP contribution in [0.15, 0.2) is 12.1 Å². The minimum Gasteiger partial charge on any atom is -0.480 e. The summed E-state index contributed by atoms with van der Waals surface area (Å²) in [6, 6.07) is 0.914. The van der Waals surface area contributed by atoms with E-state index < -0.39 is 29.7 Å². The molecule has 1 rings (SSSR count). The molecule has 3 nitrogen and oxygen atoms in total. The van der Waals surface area contributed by atoms with E-state index in [1.807, 2.05) is 6.92 Å². The molecule has 0 spiro atoms. The van der Waals surface area contributed by atoms with Gasteiger partial charge in [0.25, 0.3) is 0 Å². The number of carboxylic acids is 1. The Bertz CT molecular complexity index is 463. The fraction of sp³-hybridized carbons (Fsp3) is 0.500. The molecule has 0 saturated carbocycles. The van der Waals surface area contributed by atoms with E-state index >= 15 is 0 Å². The van der Waals surface area contributed by atoms with Crippen molar-refractivity contribution in [3.63, 3.8) is 0 Å². The average molecular weight is 271 g/mol. The minimum absolute atomic E-state index is 0.144. The maximum Gasteiger partial charge on any atom is 0.320 e. The maximum atomic E-state index is 13.8. The van der Waals surface area contributed by atoms with Crippen molar-refractivity contribution in [1.82, 2.24) is 5.32 Å². The molecule has 5 heteroatoms. The normalized spacial score (nSPS) is 14.2. The molecular formula is C14H19F2NO2. The summed E-state index contributed by atoms with van der Waals surface area (Å²) in [4.78, 5) is 11.0. The van der Waals surface area contributed by atoms with Crippen LogP contribution >= 0.6 is 0 Å². The molecule has 0 heterocycles. The molecule has 0 bridgehead atoms. The summed E-state index contributed by atoms with van der Waals surface area (Å²) >= 11 is 0. The van der Waals surface area contributed by atoms with Crippen LogP contribution < -0.4 is 5.32 Å². The van der Waals surface area contributed by atoms with Crippen LogP contribution in [0.25, 0.3) is 0 Å². The summed E-state index contributed by atoms with van der Waals surface area (Å²) in [5.74, 6) is -2.01. The number of carbonyl (C=O) groups is 1. The third kappa shape index (κ3) is 3.99. The van der Waals surface area contributed by atoms with Gasteiger partial charge in [-0.25, -0.2) is 8.78 Å². The number of carboxylic acid groups (broad SMARTS) is 1. The lowest BCUT2D eigenvalue weighted by Gasteiger charge is -2.21. The van der Waals surface area contributed by atoms with Crippen molar-refractivity contribution >= 4 is 5.97 Å². The summed E-state index contributed by atoms with van der Waals surface area (Å²) in [5.41, 5.74) is 0.377. The minimum atomic E-state index is -0.985. The van der Waals surface area contributed by atoms with Crippen LogP contribution in [0.4, 0.5) is 8.78 Å². The highest BCUT2D eigenvalue weighted by atomic mass is 19.1. The summed E-state index contributed by atoms with van der Waals surface area (Å²) in [5, 5.41) is 11.9. The highest BCUT2D eigenvalue weighted by molar-refractivity contribution is 5.73. The van der Waals surface area contributed by atoms with E-state index in [0.29, 0.717) is 12.8 Å². The summed E-state index contributed by atoms with van der Waals surface area (Å²) in [6.07, 6.45) is 1.14. The van der Waals surface area contributed by atoms with Gasteiger partial charge in [0.1, 0.15) is 17.7 Å². The third-order valence-corrected chi connectivity index (χ3v) is 3.07. The second-order valence-electron chi connectivity index (χ2n) is 4.69. The van der Waals surface area contributed by atoms with Gasteiger partial charge in [-0.3, -0.25) is 10.1 Å². The van der Waals surface area contributed by atoms with E-state index in [9.17, 15) is 13.6 Å². The van der Waals surface area contributed by atoms with E-state index in [-0.39, 0.29) is 11.1 Å². The molecule has 0 aromatic heterocycles. The van der Waals surface area contributed by atoms with Gasteiger partial charge in [0.05, 0.1) is 0 Å². The number of nitrogens with one attached hydrogen (secondary N) is 1. The van der Waals surface area contributed by atoms with Crippen molar-refractivity contribution in [2.45, 2.75) is 45.7 Å². The molecule has 0 aliphatic heterocycles. The molecule has 0 saturated heterocycles. The molecular weight excluding hydrogens is 252 g/mol. The fourth-order valence-electron chi connectivity index (χ4n) is 1.95. The Morgan fingerprint density at radius 2 is 2.00 bits per heavy atom. The molecule has 0 aliphatic carbocycles. The van der Waals surface area contributed by atoms with Crippen LogP contribution in [0.2, 0.25) is 0 Å². The van der Waals surface area contributed by atoms with Crippen LogP contribution in [0.3, 0.4) is 0 Å². The Morgan fingerprint density at radius 3 is 2.53 bits per heavy atom. The second kappa shape index (κ2) is 6.61. The molecule has 0 radical (unpaired) electrons.